The van der Waals surface area contributed by atoms with Crippen molar-refractivity contribution in [2.75, 3.05) is 5.32 Å². The maximum absolute atomic E-state index is 10.9. The number of hydrogen-bond donors (Lipinski definition) is 3. The minimum Gasteiger partial charge on any atom is -0.322 e. The monoisotopic (exact) mass is 287 g/mol. The summed E-state index contributed by atoms with van der Waals surface area (Å²) in [5.74, 6) is 0.436. The highest BCUT2D eigenvalue weighted by Crippen LogP contribution is 2.22. The molecule has 0 unspecified atom stereocenters. The van der Waals surface area contributed by atoms with E-state index in [-0.39, 0.29) is 17.3 Å². The third-order valence-corrected chi connectivity index (χ3v) is 2.60. The number of benzene rings is 1. The molecule has 0 amide bonds. The second-order valence-corrected chi connectivity index (χ2v) is 4.41. The number of aromatic nitrogens is 2. The lowest BCUT2D eigenvalue weighted by molar-refractivity contribution is -0.384. The average Bonchev–Trinajstić information content (AvgIpc) is 2.37. The smallest absolute Gasteiger partial charge is 0.322 e. The van der Waals surface area contributed by atoms with E-state index in [0.29, 0.717) is 5.95 Å². The Morgan fingerprint density at radius 1 is 1.29 bits per heavy atom. The summed E-state index contributed by atoms with van der Waals surface area (Å²) in [7, 11) is 0. The fraction of sp³-hybridized carbons (Fsp3) is 0.154. The highest BCUT2D eigenvalue weighted by Gasteiger charge is 2.15. The maximum atomic E-state index is 10.9. The van der Waals surface area contributed by atoms with Gasteiger partial charge in [-0.05, 0) is 19.9 Å². The molecule has 0 aliphatic carbocycles. The van der Waals surface area contributed by atoms with Crippen molar-refractivity contribution in [1.29, 1.82) is 0 Å². The molecule has 0 bridgehead atoms. The molecule has 1 heterocycles. The Bertz CT molecular complexity index is 693. The highest BCUT2D eigenvalue weighted by atomic mass is 16.6. The fourth-order valence-electron chi connectivity index (χ4n) is 1.82. The normalized spacial score (nSPS) is 11.2. The van der Waals surface area contributed by atoms with Crippen molar-refractivity contribution in [2.45, 2.75) is 13.8 Å². The van der Waals surface area contributed by atoms with E-state index in [1.54, 1.807) is 18.2 Å². The first-order valence-corrected chi connectivity index (χ1v) is 6.18. The highest BCUT2D eigenvalue weighted by molar-refractivity contribution is 5.90. The molecule has 2 rings (SSSR count). The van der Waals surface area contributed by atoms with Crippen molar-refractivity contribution in [1.82, 2.24) is 9.97 Å². The van der Waals surface area contributed by atoms with E-state index < -0.39 is 4.92 Å². The van der Waals surface area contributed by atoms with Gasteiger partial charge in [0.1, 0.15) is 0 Å². The van der Waals surface area contributed by atoms with Crippen LogP contribution in [-0.4, -0.2) is 20.9 Å². The Hall–Kier alpha value is -3.03. The number of nitro groups is 1. The Morgan fingerprint density at radius 3 is 2.52 bits per heavy atom. The van der Waals surface area contributed by atoms with Gasteiger partial charge in [0, 0.05) is 12.1 Å². The van der Waals surface area contributed by atoms with Gasteiger partial charge in [0.15, 0.2) is 5.69 Å². The molecule has 1 aromatic carbocycles. The van der Waals surface area contributed by atoms with E-state index in [9.17, 15) is 10.1 Å². The molecule has 0 atom stereocenters. The SMILES string of the molecule is Cc1cc(C)nc([NH+]=C(N)Nc2ccccc2[N+](=O)[O-])n1. The predicted octanol–water partition coefficient (Wildman–Crippen LogP) is 0.141. The van der Waals surface area contributed by atoms with Gasteiger partial charge in [-0.3, -0.25) is 15.4 Å². The van der Waals surface area contributed by atoms with Crippen LogP contribution in [0.25, 0.3) is 0 Å². The molecule has 8 heteroatoms. The zero-order chi connectivity index (χ0) is 15.4. The van der Waals surface area contributed by atoms with Crippen LogP contribution < -0.4 is 16.0 Å². The first-order chi connectivity index (χ1) is 9.95. The van der Waals surface area contributed by atoms with Gasteiger partial charge in [0.05, 0.1) is 16.3 Å². The molecule has 2 aromatic rings. The molecule has 0 spiro atoms. The number of nitrogens with zero attached hydrogens (tertiary/aromatic N) is 3. The molecule has 0 saturated heterocycles. The number of aryl methyl sites for hydroxylation is 2. The molecule has 4 N–H and O–H groups in total. The molecular weight excluding hydrogens is 272 g/mol. The number of nitrogens with one attached hydrogen (secondary N) is 2. The summed E-state index contributed by atoms with van der Waals surface area (Å²) in [6.07, 6.45) is 0. The minimum absolute atomic E-state index is 0.0661. The number of nitrogens with two attached hydrogens (primary N) is 1. The zero-order valence-corrected chi connectivity index (χ0v) is 11.6. The van der Waals surface area contributed by atoms with E-state index in [4.69, 9.17) is 5.73 Å². The number of anilines is 1. The topological polar surface area (TPSA) is 121 Å². The van der Waals surface area contributed by atoms with Gasteiger partial charge in [0.2, 0.25) is 0 Å². The summed E-state index contributed by atoms with van der Waals surface area (Å²) in [6.45, 7) is 3.68. The molecule has 0 saturated carbocycles. The van der Waals surface area contributed by atoms with Crippen molar-refractivity contribution in [2.24, 2.45) is 5.73 Å². The van der Waals surface area contributed by atoms with E-state index in [1.807, 2.05) is 19.9 Å². The third-order valence-electron chi connectivity index (χ3n) is 2.60. The van der Waals surface area contributed by atoms with Crippen LogP contribution in [0.2, 0.25) is 0 Å². The number of guanidine groups is 1. The first kappa shape index (κ1) is 14.4. The first-order valence-electron chi connectivity index (χ1n) is 6.18. The summed E-state index contributed by atoms with van der Waals surface area (Å²) < 4.78 is 0. The Kier molecular flexibility index (Phi) is 4.07. The van der Waals surface area contributed by atoms with Crippen molar-refractivity contribution in [3.05, 3.63) is 51.8 Å². The summed E-state index contributed by atoms with van der Waals surface area (Å²) in [5.41, 5.74) is 7.61. The van der Waals surface area contributed by atoms with Gasteiger partial charge in [0.25, 0.3) is 5.96 Å². The molecule has 0 radical (unpaired) electrons. The van der Waals surface area contributed by atoms with Crippen LogP contribution in [0.3, 0.4) is 0 Å². The van der Waals surface area contributed by atoms with Crippen LogP contribution in [0.15, 0.2) is 30.3 Å². The van der Waals surface area contributed by atoms with Crippen molar-refractivity contribution >= 4 is 23.3 Å². The second kappa shape index (κ2) is 5.95. The van der Waals surface area contributed by atoms with Gasteiger partial charge in [-0.2, -0.15) is 0 Å². The van der Waals surface area contributed by atoms with Crippen molar-refractivity contribution < 1.29 is 9.92 Å². The Balaban J connectivity index is 2.27. The number of para-hydroxylation sites is 2. The molecule has 0 aliphatic heterocycles. The van der Waals surface area contributed by atoms with E-state index in [2.05, 4.69) is 20.3 Å². The second-order valence-electron chi connectivity index (χ2n) is 4.41. The maximum Gasteiger partial charge on any atom is 0.354 e. The average molecular weight is 287 g/mol. The molecule has 1 aromatic heterocycles. The minimum atomic E-state index is -0.483. The number of hydrogen-bond acceptors (Lipinski definition) is 4. The van der Waals surface area contributed by atoms with Gasteiger partial charge in [-0.15, -0.1) is 9.97 Å². The lowest BCUT2D eigenvalue weighted by atomic mass is 10.3. The van der Waals surface area contributed by atoms with Crippen molar-refractivity contribution in [3.8, 4) is 0 Å². The number of nitro benzene ring substituents is 1. The largest absolute Gasteiger partial charge is 0.354 e. The number of rotatable bonds is 3. The van der Waals surface area contributed by atoms with Crippen LogP contribution in [0.5, 0.6) is 0 Å². The molecule has 108 valence electrons. The van der Waals surface area contributed by atoms with E-state index >= 15 is 0 Å². The molecule has 0 aliphatic rings. The quantitative estimate of drug-likeness (QED) is 0.319. The fourth-order valence-corrected chi connectivity index (χ4v) is 1.82. The van der Waals surface area contributed by atoms with Crippen molar-refractivity contribution in [3.63, 3.8) is 0 Å². The van der Waals surface area contributed by atoms with Crippen LogP contribution >= 0.6 is 0 Å². The standard InChI is InChI=1S/C13H14N6O2/c1-8-7-9(2)16-13(15-8)18-12(14)17-10-5-3-4-6-11(10)19(20)21/h3-7H,1-2H3,(H3,14,15,16,17,18)/p+1. The molecule has 0 fully saturated rings. The van der Waals surface area contributed by atoms with Gasteiger partial charge < -0.3 is 5.73 Å². The van der Waals surface area contributed by atoms with Gasteiger partial charge >= 0.3 is 11.6 Å². The summed E-state index contributed by atoms with van der Waals surface area (Å²) in [5, 5.41) is 13.7. The lowest BCUT2D eigenvalue weighted by Gasteiger charge is -2.02. The van der Waals surface area contributed by atoms with E-state index in [1.165, 1.54) is 6.07 Å². The van der Waals surface area contributed by atoms with Crippen LogP contribution in [0.4, 0.5) is 17.3 Å². The molecule has 21 heavy (non-hydrogen) atoms. The summed E-state index contributed by atoms with van der Waals surface area (Å²) in [6, 6.07) is 8.05. The van der Waals surface area contributed by atoms with Crippen LogP contribution in [-0.2, 0) is 0 Å². The Labute approximate surface area is 120 Å². The Morgan fingerprint density at radius 2 is 1.90 bits per heavy atom. The zero-order valence-electron chi connectivity index (χ0n) is 11.6. The van der Waals surface area contributed by atoms with Gasteiger partial charge in [-0.25, -0.2) is 4.99 Å². The van der Waals surface area contributed by atoms with Crippen LogP contribution in [0.1, 0.15) is 11.4 Å². The van der Waals surface area contributed by atoms with E-state index in [0.717, 1.165) is 11.4 Å². The molecule has 8 nitrogen and oxygen atoms in total. The summed E-state index contributed by atoms with van der Waals surface area (Å²) >= 11 is 0. The predicted molar refractivity (Wildman–Crippen MR) is 78.0 cm³/mol. The summed E-state index contributed by atoms with van der Waals surface area (Å²) in [4.78, 5) is 21.6. The third kappa shape index (κ3) is 3.72. The van der Waals surface area contributed by atoms with Gasteiger partial charge in [-0.1, -0.05) is 12.1 Å². The lowest BCUT2D eigenvalue weighted by Crippen LogP contribution is -2.72. The molecular formula is C13H15N6O2+. The van der Waals surface area contributed by atoms with Crippen LogP contribution in [0, 0.1) is 24.0 Å².